The quantitative estimate of drug-likeness (QED) is 0.319. The molecule has 4 rings (SSSR count). The van der Waals surface area contributed by atoms with Gasteiger partial charge in [0.05, 0.1) is 17.5 Å². The van der Waals surface area contributed by atoms with E-state index in [0.29, 0.717) is 31.5 Å². The maximum Gasteiger partial charge on any atom is 0.411 e. The summed E-state index contributed by atoms with van der Waals surface area (Å²) in [6.07, 6.45) is 4.94. The van der Waals surface area contributed by atoms with E-state index in [4.69, 9.17) is 9.47 Å². The van der Waals surface area contributed by atoms with Crippen LogP contribution in [-0.4, -0.2) is 105 Å². The SMILES string of the molecule is CC(C)(C)NC(=O)C1(C2CCCCC2)CCN(C(=O)[C@@H](Cc2ccc(F)cc2)NC(=O)C2CN(C(=O)OC(C)(C)C)C(C)(C)CN2C(=O)OC(C)(C)C)CC1. The number of halogens is 1. The highest BCUT2D eigenvalue weighted by atomic mass is 19.1. The first kappa shape index (κ1) is 43.8. The minimum Gasteiger partial charge on any atom is -0.444 e. The molecule has 0 radical (unpaired) electrons. The van der Waals surface area contributed by atoms with Crippen LogP contribution in [0.1, 0.15) is 127 Å². The Labute approximate surface area is 327 Å². The van der Waals surface area contributed by atoms with E-state index in [1.54, 1.807) is 72.4 Å². The van der Waals surface area contributed by atoms with Gasteiger partial charge in [-0.15, -0.1) is 0 Å². The molecular formula is C42H66FN5O7. The molecule has 3 aliphatic rings. The van der Waals surface area contributed by atoms with Crippen LogP contribution in [0.2, 0.25) is 0 Å². The smallest absolute Gasteiger partial charge is 0.411 e. The molecule has 13 heteroatoms. The minimum absolute atomic E-state index is 0.0344. The fourth-order valence-electron chi connectivity index (χ4n) is 8.12. The number of piperidine rings is 1. The first-order valence-electron chi connectivity index (χ1n) is 20.0. The summed E-state index contributed by atoms with van der Waals surface area (Å²) < 4.78 is 25.4. The molecule has 2 aliphatic heterocycles. The molecule has 5 amide bonds. The first-order chi connectivity index (χ1) is 25.3. The molecule has 2 N–H and O–H groups in total. The average molecular weight is 772 g/mol. The maximum absolute atomic E-state index is 14.6. The Morgan fingerprint density at radius 2 is 1.38 bits per heavy atom. The number of nitrogens with zero attached hydrogens (tertiary/aromatic N) is 3. The van der Waals surface area contributed by atoms with Crippen molar-refractivity contribution in [2.24, 2.45) is 11.3 Å². The Bertz CT molecular complexity index is 1550. The summed E-state index contributed by atoms with van der Waals surface area (Å²) in [5.41, 5.74) is -2.99. The van der Waals surface area contributed by atoms with Crippen LogP contribution in [0.4, 0.5) is 14.0 Å². The van der Waals surface area contributed by atoms with E-state index in [9.17, 15) is 28.4 Å². The van der Waals surface area contributed by atoms with Crippen LogP contribution in [0, 0.1) is 17.2 Å². The van der Waals surface area contributed by atoms with E-state index in [1.807, 2.05) is 20.8 Å². The zero-order chi connectivity index (χ0) is 41.1. The lowest BCUT2D eigenvalue weighted by Crippen LogP contribution is -2.70. The third-order valence-corrected chi connectivity index (χ3v) is 10.8. The predicted molar refractivity (Wildman–Crippen MR) is 208 cm³/mol. The van der Waals surface area contributed by atoms with Crippen molar-refractivity contribution in [2.45, 2.75) is 162 Å². The summed E-state index contributed by atoms with van der Waals surface area (Å²) in [5, 5.41) is 6.18. The Morgan fingerprint density at radius 3 is 1.91 bits per heavy atom. The number of hydrogen-bond acceptors (Lipinski definition) is 7. The molecule has 2 heterocycles. The normalized spacial score (nSPS) is 21.3. The van der Waals surface area contributed by atoms with E-state index < -0.39 is 63.7 Å². The van der Waals surface area contributed by atoms with Crippen molar-refractivity contribution in [3.63, 3.8) is 0 Å². The Morgan fingerprint density at radius 1 is 0.836 bits per heavy atom. The van der Waals surface area contributed by atoms with E-state index in [-0.39, 0.29) is 37.2 Å². The van der Waals surface area contributed by atoms with Gasteiger partial charge in [-0.25, -0.2) is 14.0 Å². The number of piperazine rings is 1. The van der Waals surface area contributed by atoms with Crippen molar-refractivity contribution >= 4 is 29.9 Å². The predicted octanol–water partition coefficient (Wildman–Crippen LogP) is 6.59. The number of carbonyl (C=O) groups is 5. The van der Waals surface area contributed by atoms with Gasteiger partial charge >= 0.3 is 12.2 Å². The maximum atomic E-state index is 14.6. The van der Waals surface area contributed by atoms with Crippen molar-refractivity contribution in [1.29, 1.82) is 0 Å². The molecular weight excluding hydrogens is 705 g/mol. The van der Waals surface area contributed by atoms with Gasteiger partial charge in [0.1, 0.15) is 29.1 Å². The molecule has 2 saturated heterocycles. The zero-order valence-electron chi connectivity index (χ0n) is 35.1. The largest absolute Gasteiger partial charge is 0.444 e. The van der Waals surface area contributed by atoms with Crippen LogP contribution in [0.25, 0.3) is 0 Å². The number of nitrogens with one attached hydrogen (secondary N) is 2. The Balaban J connectivity index is 1.64. The summed E-state index contributed by atoms with van der Waals surface area (Å²) in [4.78, 5) is 74.7. The van der Waals surface area contributed by atoms with Crippen molar-refractivity contribution in [1.82, 2.24) is 25.3 Å². The summed E-state index contributed by atoms with van der Waals surface area (Å²) in [7, 11) is 0. The summed E-state index contributed by atoms with van der Waals surface area (Å²) in [6, 6.07) is 3.44. The molecule has 1 aliphatic carbocycles. The summed E-state index contributed by atoms with van der Waals surface area (Å²) in [5.74, 6) is -1.16. The zero-order valence-corrected chi connectivity index (χ0v) is 35.1. The van der Waals surface area contributed by atoms with Gasteiger partial charge in [-0.2, -0.15) is 0 Å². The van der Waals surface area contributed by atoms with Gasteiger partial charge in [-0.05, 0) is 125 Å². The average Bonchev–Trinajstić information content (AvgIpc) is 3.06. The molecule has 1 saturated carbocycles. The van der Waals surface area contributed by atoms with Crippen LogP contribution in [0.5, 0.6) is 0 Å². The highest BCUT2D eigenvalue weighted by Crippen LogP contribution is 2.46. The van der Waals surface area contributed by atoms with Crippen LogP contribution in [-0.2, 0) is 30.3 Å². The third-order valence-electron chi connectivity index (χ3n) is 10.8. The lowest BCUT2D eigenvalue weighted by Gasteiger charge is -2.50. The highest BCUT2D eigenvalue weighted by Gasteiger charge is 2.51. The van der Waals surface area contributed by atoms with E-state index >= 15 is 0 Å². The second kappa shape index (κ2) is 16.7. The van der Waals surface area contributed by atoms with Crippen LogP contribution < -0.4 is 10.6 Å². The van der Waals surface area contributed by atoms with Crippen LogP contribution in [0.15, 0.2) is 24.3 Å². The number of amides is 5. The molecule has 1 unspecified atom stereocenters. The van der Waals surface area contributed by atoms with Gasteiger partial charge in [-0.1, -0.05) is 31.4 Å². The minimum atomic E-state index is -1.22. The number of ether oxygens (including phenoxy) is 2. The fourth-order valence-corrected chi connectivity index (χ4v) is 8.12. The Kier molecular flexibility index (Phi) is 13.3. The molecule has 308 valence electrons. The monoisotopic (exact) mass is 771 g/mol. The third kappa shape index (κ3) is 11.6. The Hall–Kier alpha value is -3.90. The summed E-state index contributed by atoms with van der Waals surface area (Å²) >= 11 is 0. The van der Waals surface area contributed by atoms with Gasteiger partial charge in [-0.3, -0.25) is 24.2 Å². The van der Waals surface area contributed by atoms with Crippen molar-refractivity contribution in [3.8, 4) is 0 Å². The lowest BCUT2D eigenvalue weighted by atomic mass is 9.63. The number of hydrogen-bond donors (Lipinski definition) is 2. The second-order valence-electron chi connectivity index (χ2n) is 19.4. The molecule has 0 bridgehead atoms. The van der Waals surface area contributed by atoms with Gasteiger partial charge in [0.15, 0.2) is 0 Å². The molecule has 55 heavy (non-hydrogen) atoms. The molecule has 3 fully saturated rings. The molecule has 12 nitrogen and oxygen atoms in total. The standard InChI is InChI=1S/C42H66FN5O7/c1-38(2,3)45-35(51)42(29-15-13-12-14-16-29)21-23-46(24-22-42)34(50)31(25-28-17-19-30(43)20-18-28)44-33(49)32-26-48(37(53)55-40(7,8)9)41(10,11)27-47(32)36(52)54-39(4,5)6/h17-20,29,31-32H,12-16,21-27H2,1-11H3,(H,44,49)(H,45,51)/t31-,32?/m1/s1. The number of likely N-dealkylation sites (tertiary alicyclic amines) is 1. The van der Waals surface area contributed by atoms with E-state index in [2.05, 4.69) is 10.6 Å². The lowest BCUT2D eigenvalue weighted by molar-refractivity contribution is -0.148. The molecule has 1 aromatic rings. The molecule has 0 aromatic heterocycles. The van der Waals surface area contributed by atoms with Crippen molar-refractivity contribution in [2.75, 3.05) is 26.2 Å². The van der Waals surface area contributed by atoms with Gasteiger partial charge < -0.3 is 25.0 Å². The van der Waals surface area contributed by atoms with Gasteiger partial charge in [0.2, 0.25) is 17.7 Å². The molecule has 0 spiro atoms. The van der Waals surface area contributed by atoms with Crippen molar-refractivity contribution in [3.05, 3.63) is 35.6 Å². The van der Waals surface area contributed by atoms with Gasteiger partial charge in [0.25, 0.3) is 0 Å². The second-order valence-corrected chi connectivity index (χ2v) is 19.4. The van der Waals surface area contributed by atoms with E-state index in [1.165, 1.54) is 21.9 Å². The highest BCUT2D eigenvalue weighted by molar-refractivity contribution is 5.92. The number of rotatable bonds is 7. The number of carbonyl (C=O) groups excluding carboxylic acids is 5. The first-order valence-corrected chi connectivity index (χ1v) is 20.0. The molecule has 2 atom stereocenters. The van der Waals surface area contributed by atoms with Crippen LogP contribution in [0.3, 0.4) is 0 Å². The number of benzene rings is 1. The van der Waals surface area contributed by atoms with Gasteiger partial charge in [0, 0.05) is 31.6 Å². The topological polar surface area (TPSA) is 138 Å². The van der Waals surface area contributed by atoms with Crippen LogP contribution >= 0.6 is 0 Å². The van der Waals surface area contributed by atoms with E-state index in [0.717, 1.165) is 32.1 Å². The summed E-state index contributed by atoms with van der Waals surface area (Å²) in [6.45, 7) is 20.4. The fraction of sp³-hybridized carbons (Fsp3) is 0.738. The van der Waals surface area contributed by atoms with Crippen molar-refractivity contribution < 1.29 is 37.8 Å². The molecule has 1 aromatic carbocycles.